The minimum atomic E-state index is -1.62. The molecule has 11 heteroatoms. The molecule has 11 nitrogen and oxygen atoms in total. The summed E-state index contributed by atoms with van der Waals surface area (Å²) in [6.07, 6.45) is -5.83. The largest absolute Gasteiger partial charge is 0.394 e. The fourth-order valence-electron chi connectivity index (χ4n) is 3.01. The average molecular weight is 355 g/mol. The lowest BCUT2D eigenvalue weighted by Crippen LogP contribution is -2.58. The summed E-state index contributed by atoms with van der Waals surface area (Å²) in [5.74, 6) is 0. The van der Waals surface area contributed by atoms with Crippen molar-refractivity contribution in [2.24, 2.45) is 7.05 Å². The number of aliphatic hydroxyl groups is 4. The number of hydrogen-bond donors (Lipinski definition) is 4. The lowest BCUT2D eigenvalue weighted by Gasteiger charge is -2.39. The van der Waals surface area contributed by atoms with Crippen LogP contribution in [0.15, 0.2) is 4.79 Å². The zero-order valence-corrected chi connectivity index (χ0v) is 13.8. The fraction of sp³-hybridized carbons (Fsp3) is 0.714. The third-order valence-electron chi connectivity index (χ3n) is 4.34. The minimum Gasteiger partial charge on any atom is -0.394 e. The second-order valence-electron chi connectivity index (χ2n) is 6.08. The van der Waals surface area contributed by atoms with Crippen molar-refractivity contribution in [1.82, 2.24) is 24.8 Å². The second kappa shape index (κ2) is 6.77. The van der Waals surface area contributed by atoms with Gasteiger partial charge in [-0.1, -0.05) is 18.6 Å². The Labute approximate surface area is 142 Å². The Morgan fingerprint density at radius 3 is 2.56 bits per heavy atom. The Kier molecular flexibility index (Phi) is 4.84. The normalized spacial score (nSPS) is 30.1. The zero-order chi connectivity index (χ0) is 18.3. The van der Waals surface area contributed by atoms with E-state index in [2.05, 4.69) is 15.4 Å². The molecule has 0 saturated carbocycles. The molecule has 2 aromatic heterocycles. The molecule has 0 radical (unpaired) electrons. The van der Waals surface area contributed by atoms with Gasteiger partial charge >= 0.3 is 0 Å². The Bertz CT molecular complexity index is 818. The Balaban J connectivity index is 2.08. The third-order valence-corrected chi connectivity index (χ3v) is 4.34. The van der Waals surface area contributed by atoms with Crippen molar-refractivity contribution in [3.63, 3.8) is 0 Å². The van der Waals surface area contributed by atoms with E-state index >= 15 is 0 Å². The molecule has 0 spiro atoms. The molecule has 1 saturated heterocycles. The Hall–Kier alpha value is -1.92. The summed E-state index contributed by atoms with van der Waals surface area (Å²) in [6, 6.07) is 0. The van der Waals surface area contributed by atoms with Crippen LogP contribution in [0, 0.1) is 0 Å². The van der Waals surface area contributed by atoms with Gasteiger partial charge in [-0.25, -0.2) is 0 Å². The standard InChI is InChI=1S/C14H21N5O6/c1-3-4-6-8-9(18(2)16-6)13(24)19(17-15-8)14-12(23)11(22)10(21)7(5-20)25-14/h7,10-12,14,20-23H,3-5H2,1-2H3. The van der Waals surface area contributed by atoms with Gasteiger partial charge in [0.2, 0.25) is 0 Å². The molecular formula is C14H21N5O6. The second-order valence-corrected chi connectivity index (χ2v) is 6.08. The van der Waals surface area contributed by atoms with Crippen molar-refractivity contribution >= 4 is 11.0 Å². The van der Waals surface area contributed by atoms with Crippen LogP contribution in [0.2, 0.25) is 0 Å². The van der Waals surface area contributed by atoms with Gasteiger partial charge in [-0.2, -0.15) is 9.78 Å². The SMILES string of the molecule is CCCc1nn(C)c2c(=O)n(C3OC(CO)C(O)C(O)C3O)nnc12. The number of fused-ring (bicyclic) bond motifs is 1. The molecule has 0 aromatic carbocycles. The number of aromatic nitrogens is 5. The van der Waals surface area contributed by atoms with E-state index in [1.54, 1.807) is 7.05 Å². The van der Waals surface area contributed by atoms with E-state index in [4.69, 9.17) is 4.74 Å². The molecule has 25 heavy (non-hydrogen) atoms. The van der Waals surface area contributed by atoms with Crippen molar-refractivity contribution < 1.29 is 25.2 Å². The molecular weight excluding hydrogens is 334 g/mol. The molecule has 5 unspecified atom stereocenters. The van der Waals surface area contributed by atoms with Crippen molar-refractivity contribution in [2.45, 2.75) is 50.4 Å². The molecule has 1 aliphatic rings. The summed E-state index contributed by atoms with van der Waals surface area (Å²) >= 11 is 0. The van der Waals surface area contributed by atoms with Crippen molar-refractivity contribution in [1.29, 1.82) is 0 Å². The van der Waals surface area contributed by atoms with Gasteiger partial charge in [-0.05, 0) is 6.42 Å². The van der Waals surface area contributed by atoms with Crippen LogP contribution in [0.1, 0.15) is 25.3 Å². The number of aliphatic hydroxyl groups excluding tert-OH is 4. The first-order chi connectivity index (χ1) is 11.9. The first-order valence-corrected chi connectivity index (χ1v) is 8.02. The summed E-state index contributed by atoms with van der Waals surface area (Å²) < 4.78 is 7.54. The molecule has 0 aliphatic carbocycles. The molecule has 5 atom stereocenters. The van der Waals surface area contributed by atoms with Crippen LogP contribution in [0.25, 0.3) is 11.0 Å². The topological polar surface area (TPSA) is 156 Å². The van der Waals surface area contributed by atoms with Crippen molar-refractivity contribution in [3.8, 4) is 0 Å². The van der Waals surface area contributed by atoms with Crippen molar-refractivity contribution in [2.75, 3.05) is 6.61 Å². The number of hydrogen-bond acceptors (Lipinski definition) is 9. The number of rotatable bonds is 4. The number of nitrogens with zero attached hydrogens (tertiary/aromatic N) is 5. The summed E-state index contributed by atoms with van der Waals surface area (Å²) in [5.41, 5.74) is 0.600. The molecule has 1 aliphatic heterocycles. The summed E-state index contributed by atoms with van der Waals surface area (Å²) in [6.45, 7) is 1.38. The molecule has 4 N–H and O–H groups in total. The van der Waals surface area contributed by atoms with Gasteiger partial charge in [0.25, 0.3) is 5.56 Å². The predicted octanol–water partition coefficient (Wildman–Crippen LogP) is -2.55. The quantitative estimate of drug-likeness (QED) is 0.463. The van der Waals surface area contributed by atoms with Gasteiger partial charge in [0.05, 0.1) is 12.3 Å². The molecule has 1 fully saturated rings. The summed E-state index contributed by atoms with van der Waals surface area (Å²) in [7, 11) is 1.60. The Morgan fingerprint density at radius 1 is 1.20 bits per heavy atom. The maximum absolute atomic E-state index is 12.8. The highest BCUT2D eigenvalue weighted by atomic mass is 16.6. The van der Waals surface area contributed by atoms with Crippen LogP contribution in [-0.2, 0) is 18.2 Å². The summed E-state index contributed by atoms with van der Waals surface area (Å²) in [4.78, 5) is 12.8. The lowest BCUT2D eigenvalue weighted by molar-refractivity contribution is -0.255. The highest BCUT2D eigenvalue weighted by Gasteiger charge is 2.45. The lowest BCUT2D eigenvalue weighted by atomic mass is 9.98. The zero-order valence-electron chi connectivity index (χ0n) is 13.8. The first-order valence-electron chi connectivity index (χ1n) is 8.02. The van der Waals surface area contributed by atoms with Crippen molar-refractivity contribution in [3.05, 3.63) is 16.0 Å². The van der Waals surface area contributed by atoms with E-state index < -0.39 is 42.8 Å². The Morgan fingerprint density at radius 2 is 1.92 bits per heavy atom. The maximum Gasteiger partial charge on any atom is 0.298 e. The first kappa shape index (κ1) is 17.9. The average Bonchev–Trinajstić information content (AvgIpc) is 2.91. The number of aryl methyl sites for hydroxylation is 2. The highest BCUT2D eigenvalue weighted by molar-refractivity contribution is 5.75. The van der Waals surface area contributed by atoms with Crippen LogP contribution >= 0.6 is 0 Å². The van der Waals surface area contributed by atoms with E-state index in [9.17, 15) is 25.2 Å². The molecule has 3 heterocycles. The predicted molar refractivity (Wildman–Crippen MR) is 83.6 cm³/mol. The smallest absolute Gasteiger partial charge is 0.298 e. The van der Waals surface area contributed by atoms with Gasteiger partial charge in [-0.3, -0.25) is 9.48 Å². The van der Waals surface area contributed by atoms with E-state index in [1.165, 1.54) is 4.68 Å². The fourth-order valence-corrected chi connectivity index (χ4v) is 3.01. The van der Waals surface area contributed by atoms with Crippen LogP contribution in [-0.4, -0.2) is 76.2 Å². The van der Waals surface area contributed by atoms with Gasteiger partial charge in [-0.15, -0.1) is 5.10 Å². The summed E-state index contributed by atoms with van der Waals surface area (Å²) in [5, 5.41) is 51.2. The minimum absolute atomic E-state index is 0.190. The van der Waals surface area contributed by atoms with Gasteiger partial charge < -0.3 is 25.2 Å². The van der Waals surface area contributed by atoms with E-state index in [0.29, 0.717) is 17.6 Å². The molecule has 3 rings (SSSR count). The van der Waals surface area contributed by atoms with Gasteiger partial charge in [0, 0.05) is 7.05 Å². The van der Waals surface area contributed by atoms with Crippen LogP contribution in [0.4, 0.5) is 0 Å². The van der Waals surface area contributed by atoms with Gasteiger partial charge in [0.1, 0.15) is 29.9 Å². The van der Waals surface area contributed by atoms with E-state index in [-0.39, 0.29) is 5.52 Å². The van der Waals surface area contributed by atoms with Crippen LogP contribution < -0.4 is 5.56 Å². The van der Waals surface area contributed by atoms with E-state index in [1.807, 2.05) is 6.92 Å². The highest BCUT2D eigenvalue weighted by Crippen LogP contribution is 2.27. The number of ether oxygens (including phenoxy) is 1. The molecule has 138 valence electrons. The maximum atomic E-state index is 12.8. The van der Waals surface area contributed by atoms with Gasteiger partial charge in [0.15, 0.2) is 11.7 Å². The van der Waals surface area contributed by atoms with Crippen LogP contribution in [0.5, 0.6) is 0 Å². The monoisotopic (exact) mass is 355 g/mol. The van der Waals surface area contributed by atoms with E-state index in [0.717, 1.165) is 11.1 Å². The molecule has 2 aromatic rings. The van der Waals surface area contributed by atoms with Crippen LogP contribution in [0.3, 0.4) is 0 Å². The molecule has 0 amide bonds. The third kappa shape index (κ3) is 2.83. The molecule has 0 bridgehead atoms.